The van der Waals surface area contributed by atoms with Crippen molar-refractivity contribution < 1.29 is 18.8 Å². The SMILES string of the molecule is CCOC(=O)CC(B1OC(C)(C)C(C)(C)O1)c1c2ccccc2c(Cl)c2ccccc12. The Morgan fingerprint density at radius 2 is 1.39 bits per heavy atom. The normalized spacial score (nSPS) is 18.5. The maximum absolute atomic E-state index is 12.7. The Hall–Kier alpha value is -2.08. The third-order valence-electron chi connectivity index (χ3n) is 6.57. The molecule has 31 heavy (non-hydrogen) atoms. The van der Waals surface area contributed by atoms with E-state index in [9.17, 15) is 4.79 Å². The molecule has 3 aromatic rings. The molecule has 0 aromatic heterocycles. The smallest absolute Gasteiger partial charge is 0.466 e. The quantitative estimate of drug-likeness (QED) is 0.266. The Labute approximate surface area is 189 Å². The summed E-state index contributed by atoms with van der Waals surface area (Å²) in [7, 11) is -0.595. The predicted molar refractivity (Wildman–Crippen MR) is 127 cm³/mol. The minimum absolute atomic E-state index is 0.153. The van der Waals surface area contributed by atoms with E-state index in [1.807, 2.05) is 83.1 Å². The first-order valence-electron chi connectivity index (χ1n) is 10.8. The summed E-state index contributed by atoms with van der Waals surface area (Å²) in [6, 6.07) is 16.0. The molecule has 0 N–H and O–H groups in total. The molecule has 6 heteroatoms. The molecule has 0 radical (unpaired) electrons. The lowest BCUT2D eigenvalue weighted by Crippen LogP contribution is -2.41. The second-order valence-electron chi connectivity index (χ2n) is 9.06. The number of esters is 1. The van der Waals surface area contributed by atoms with E-state index in [0.717, 1.165) is 27.1 Å². The van der Waals surface area contributed by atoms with Crippen LogP contribution in [0.1, 0.15) is 52.4 Å². The Morgan fingerprint density at radius 1 is 0.935 bits per heavy atom. The van der Waals surface area contributed by atoms with Gasteiger partial charge in [0, 0.05) is 16.6 Å². The number of fused-ring (bicyclic) bond motifs is 2. The molecule has 162 valence electrons. The third kappa shape index (κ3) is 3.84. The molecule has 1 aliphatic heterocycles. The summed E-state index contributed by atoms with van der Waals surface area (Å²) in [5.41, 5.74) is -0.0206. The number of ether oxygens (including phenoxy) is 1. The van der Waals surface area contributed by atoms with Crippen LogP contribution in [-0.4, -0.2) is 30.9 Å². The first-order chi connectivity index (χ1) is 14.7. The zero-order chi connectivity index (χ0) is 22.4. The fraction of sp³-hybridized carbons (Fsp3) is 0.400. The molecule has 0 bridgehead atoms. The molecule has 1 unspecified atom stereocenters. The van der Waals surface area contributed by atoms with E-state index in [0.29, 0.717) is 11.6 Å². The molecule has 1 saturated heterocycles. The van der Waals surface area contributed by atoms with Crippen molar-refractivity contribution in [3.05, 3.63) is 59.1 Å². The number of carbonyl (C=O) groups is 1. The van der Waals surface area contributed by atoms with Crippen molar-refractivity contribution in [1.82, 2.24) is 0 Å². The monoisotopic (exact) mass is 438 g/mol. The lowest BCUT2D eigenvalue weighted by molar-refractivity contribution is -0.143. The molecule has 1 atom stereocenters. The number of carbonyl (C=O) groups excluding carboxylic acids is 1. The highest BCUT2D eigenvalue weighted by molar-refractivity contribution is 6.49. The molecule has 0 aliphatic carbocycles. The minimum Gasteiger partial charge on any atom is -0.466 e. The van der Waals surface area contributed by atoms with Crippen LogP contribution in [0.25, 0.3) is 21.5 Å². The highest BCUT2D eigenvalue weighted by Crippen LogP contribution is 2.46. The maximum atomic E-state index is 12.7. The van der Waals surface area contributed by atoms with Crippen LogP contribution >= 0.6 is 11.6 Å². The topological polar surface area (TPSA) is 44.8 Å². The van der Waals surface area contributed by atoms with E-state index in [4.69, 9.17) is 25.6 Å². The highest BCUT2D eigenvalue weighted by atomic mass is 35.5. The van der Waals surface area contributed by atoms with Crippen LogP contribution in [0.3, 0.4) is 0 Å². The number of hydrogen-bond donors (Lipinski definition) is 0. The van der Waals surface area contributed by atoms with Gasteiger partial charge in [-0.3, -0.25) is 4.79 Å². The molecule has 1 fully saturated rings. The van der Waals surface area contributed by atoms with Gasteiger partial charge in [0.2, 0.25) is 0 Å². The Morgan fingerprint density at radius 3 is 1.84 bits per heavy atom. The largest absolute Gasteiger partial charge is 0.466 e. The van der Waals surface area contributed by atoms with Crippen molar-refractivity contribution >= 4 is 46.2 Å². The number of hydrogen-bond acceptors (Lipinski definition) is 4. The van der Waals surface area contributed by atoms with E-state index in [2.05, 4.69) is 0 Å². The first kappa shape index (κ1) is 22.1. The molecule has 4 rings (SSSR count). The average Bonchev–Trinajstić information content (AvgIpc) is 2.94. The van der Waals surface area contributed by atoms with Gasteiger partial charge in [-0.2, -0.15) is 0 Å². The summed E-state index contributed by atoms with van der Waals surface area (Å²) in [6.45, 7) is 10.2. The van der Waals surface area contributed by atoms with Crippen LogP contribution in [0, 0.1) is 0 Å². The van der Waals surface area contributed by atoms with Crippen molar-refractivity contribution in [3.8, 4) is 0 Å². The molecule has 1 aliphatic rings. The van der Waals surface area contributed by atoms with Crippen molar-refractivity contribution in [2.24, 2.45) is 0 Å². The molecule has 4 nitrogen and oxygen atoms in total. The summed E-state index contributed by atoms with van der Waals surface area (Å²) in [6.07, 6.45) is 0.153. The lowest BCUT2D eigenvalue weighted by atomic mass is 9.64. The fourth-order valence-electron chi connectivity index (χ4n) is 4.30. The van der Waals surface area contributed by atoms with Gasteiger partial charge in [0.15, 0.2) is 0 Å². The first-order valence-corrected chi connectivity index (χ1v) is 11.1. The Balaban J connectivity index is 1.97. The van der Waals surface area contributed by atoms with Gasteiger partial charge in [0.05, 0.1) is 29.3 Å². The Kier molecular flexibility index (Phi) is 5.80. The van der Waals surface area contributed by atoms with Gasteiger partial charge in [-0.05, 0) is 51.0 Å². The standard InChI is InChI=1S/C25H28BClO4/c1-6-29-21(28)15-20(26-30-24(2,3)25(4,5)31-26)22-16-11-7-9-13-18(16)23(27)19-14-10-8-12-17(19)22/h7-14,20H,6,15H2,1-5H3. The Bertz CT molecular complexity index is 1070. The average molecular weight is 439 g/mol. The van der Waals surface area contributed by atoms with Crippen LogP contribution in [0.5, 0.6) is 0 Å². The zero-order valence-corrected chi connectivity index (χ0v) is 19.5. The zero-order valence-electron chi connectivity index (χ0n) is 18.7. The molecule has 0 spiro atoms. The van der Waals surface area contributed by atoms with Crippen LogP contribution < -0.4 is 0 Å². The fourth-order valence-corrected chi connectivity index (χ4v) is 4.62. The van der Waals surface area contributed by atoms with E-state index < -0.39 is 18.3 Å². The van der Waals surface area contributed by atoms with Crippen LogP contribution in [0.2, 0.25) is 5.02 Å². The van der Waals surface area contributed by atoms with Crippen LogP contribution in [-0.2, 0) is 18.8 Å². The van der Waals surface area contributed by atoms with Crippen molar-refractivity contribution in [3.63, 3.8) is 0 Å². The summed E-state index contributed by atoms with van der Waals surface area (Å²) in [5.74, 6) is -0.627. The van der Waals surface area contributed by atoms with Gasteiger partial charge >= 0.3 is 13.1 Å². The van der Waals surface area contributed by atoms with Crippen molar-refractivity contribution in [1.29, 1.82) is 0 Å². The summed E-state index contributed by atoms with van der Waals surface area (Å²) < 4.78 is 18.2. The van der Waals surface area contributed by atoms with Gasteiger partial charge in [0.25, 0.3) is 0 Å². The summed E-state index contributed by atoms with van der Waals surface area (Å²) in [5, 5.41) is 4.59. The second-order valence-corrected chi connectivity index (χ2v) is 9.44. The summed E-state index contributed by atoms with van der Waals surface area (Å²) >= 11 is 6.80. The van der Waals surface area contributed by atoms with Crippen LogP contribution in [0.4, 0.5) is 0 Å². The van der Waals surface area contributed by atoms with Gasteiger partial charge in [-0.25, -0.2) is 0 Å². The maximum Gasteiger partial charge on any atom is 0.466 e. The van der Waals surface area contributed by atoms with Crippen LogP contribution in [0.15, 0.2) is 48.5 Å². The molecular weight excluding hydrogens is 411 g/mol. The van der Waals surface area contributed by atoms with Crippen molar-refractivity contribution in [2.75, 3.05) is 6.61 Å². The van der Waals surface area contributed by atoms with Gasteiger partial charge in [-0.15, -0.1) is 0 Å². The van der Waals surface area contributed by atoms with Gasteiger partial charge < -0.3 is 14.0 Å². The number of rotatable bonds is 5. The minimum atomic E-state index is -0.595. The molecule has 0 amide bonds. The van der Waals surface area contributed by atoms with Gasteiger partial charge in [0.1, 0.15) is 0 Å². The number of benzene rings is 3. The summed E-state index contributed by atoms with van der Waals surface area (Å²) in [4.78, 5) is 12.7. The van der Waals surface area contributed by atoms with E-state index >= 15 is 0 Å². The van der Waals surface area contributed by atoms with Crippen molar-refractivity contribution in [2.45, 2.75) is 58.1 Å². The highest BCUT2D eigenvalue weighted by Gasteiger charge is 2.54. The second kappa shape index (κ2) is 8.12. The lowest BCUT2D eigenvalue weighted by Gasteiger charge is -2.32. The van der Waals surface area contributed by atoms with E-state index in [1.54, 1.807) is 0 Å². The molecular formula is C25H28BClO4. The molecule has 3 aromatic carbocycles. The molecule has 0 saturated carbocycles. The van der Waals surface area contributed by atoms with Gasteiger partial charge in [-0.1, -0.05) is 60.1 Å². The predicted octanol–water partition coefficient (Wildman–Crippen LogP) is 6.31. The van der Waals surface area contributed by atoms with E-state index in [1.165, 1.54) is 0 Å². The number of halogens is 1. The van der Waals surface area contributed by atoms with E-state index in [-0.39, 0.29) is 18.2 Å². The molecule has 1 heterocycles. The third-order valence-corrected chi connectivity index (χ3v) is 6.98.